The first-order chi connectivity index (χ1) is 8.49. The summed E-state index contributed by atoms with van der Waals surface area (Å²) in [6, 6.07) is 4.79. The third-order valence-electron chi connectivity index (χ3n) is 3.47. The monoisotopic (exact) mass is 251 g/mol. The summed E-state index contributed by atoms with van der Waals surface area (Å²) in [6.07, 6.45) is -0.195. The Hall–Kier alpha value is -0.900. The molecular weight excluding hydrogens is 226 g/mol. The Morgan fingerprint density at radius 2 is 1.56 bits per heavy atom. The lowest BCUT2D eigenvalue weighted by atomic mass is 9.96. The Labute approximate surface area is 110 Å². The van der Waals surface area contributed by atoms with Crippen LogP contribution in [-0.4, -0.2) is 27.1 Å². The van der Waals surface area contributed by atoms with Crippen molar-refractivity contribution in [3.8, 4) is 0 Å². The second kappa shape index (κ2) is 6.88. The van der Waals surface area contributed by atoms with Gasteiger partial charge in [0, 0.05) is 26.8 Å². The van der Waals surface area contributed by atoms with E-state index in [2.05, 4.69) is 45.1 Å². The molecule has 0 radical (unpaired) electrons. The van der Waals surface area contributed by atoms with E-state index in [1.165, 1.54) is 22.3 Å². The van der Waals surface area contributed by atoms with Crippen LogP contribution in [0.5, 0.6) is 0 Å². The highest BCUT2D eigenvalue weighted by molar-refractivity contribution is 5.37. The third-order valence-corrected chi connectivity index (χ3v) is 3.47. The van der Waals surface area contributed by atoms with E-state index in [1.807, 2.05) is 0 Å². The number of nitrogens with one attached hydrogen (secondary N) is 1. The molecule has 0 amide bonds. The lowest BCUT2D eigenvalue weighted by Crippen LogP contribution is -2.31. The lowest BCUT2D eigenvalue weighted by molar-refractivity contribution is -0.0997. The van der Waals surface area contributed by atoms with Crippen molar-refractivity contribution in [3.05, 3.63) is 34.4 Å². The van der Waals surface area contributed by atoms with Gasteiger partial charge >= 0.3 is 0 Å². The molecule has 0 bridgehead atoms. The van der Waals surface area contributed by atoms with Gasteiger partial charge < -0.3 is 14.8 Å². The molecule has 1 unspecified atom stereocenters. The van der Waals surface area contributed by atoms with E-state index in [-0.39, 0.29) is 12.3 Å². The topological polar surface area (TPSA) is 30.5 Å². The highest BCUT2D eigenvalue weighted by Gasteiger charge is 2.12. The van der Waals surface area contributed by atoms with Crippen molar-refractivity contribution in [1.29, 1.82) is 0 Å². The molecule has 0 saturated carbocycles. The molecule has 3 heteroatoms. The van der Waals surface area contributed by atoms with Crippen LogP contribution >= 0.6 is 0 Å². The van der Waals surface area contributed by atoms with Gasteiger partial charge in [0.2, 0.25) is 0 Å². The summed E-state index contributed by atoms with van der Waals surface area (Å²) < 4.78 is 10.3. The molecule has 1 aromatic carbocycles. The van der Waals surface area contributed by atoms with E-state index >= 15 is 0 Å². The number of hydrogen-bond donors (Lipinski definition) is 1. The van der Waals surface area contributed by atoms with Crippen LogP contribution in [-0.2, 0) is 9.47 Å². The van der Waals surface area contributed by atoms with Crippen LogP contribution in [0.25, 0.3) is 0 Å². The predicted molar refractivity (Wildman–Crippen MR) is 74.9 cm³/mol. The van der Waals surface area contributed by atoms with Gasteiger partial charge in [-0.1, -0.05) is 12.1 Å². The molecule has 1 N–H and O–H groups in total. The van der Waals surface area contributed by atoms with Crippen molar-refractivity contribution in [3.63, 3.8) is 0 Å². The van der Waals surface area contributed by atoms with Crippen LogP contribution < -0.4 is 5.32 Å². The van der Waals surface area contributed by atoms with Gasteiger partial charge in [-0.3, -0.25) is 0 Å². The van der Waals surface area contributed by atoms with E-state index in [1.54, 1.807) is 14.2 Å². The van der Waals surface area contributed by atoms with Crippen LogP contribution in [0.15, 0.2) is 12.1 Å². The van der Waals surface area contributed by atoms with Crippen molar-refractivity contribution >= 4 is 0 Å². The fraction of sp³-hybridized carbons (Fsp3) is 0.600. The predicted octanol–water partition coefficient (Wildman–Crippen LogP) is 2.88. The van der Waals surface area contributed by atoms with Gasteiger partial charge in [-0.2, -0.15) is 0 Å². The standard InChI is InChI=1S/C15H25NO2/c1-10-7-12(3)14(8-11(10)2)13(4)16-9-15(17-5)18-6/h7-8,13,15-16H,9H2,1-6H3. The maximum atomic E-state index is 5.17. The van der Waals surface area contributed by atoms with Crippen LogP contribution in [0.3, 0.4) is 0 Å². The zero-order valence-corrected chi connectivity index (χ0v) is 12.3. The lowest BCUT2D eigenvalue weighted by Gasteiger charge is -2.21. The zero-order chi connectivity index (χ0) is 13.7. The molecule has 1 atom stereocenters. The molecule has 0 saturated heterocycles. The van der Waals surface area contributed by atoms with Crippen molar-refractivity contribution in [2.75, 3.05) is 20.8 Å². The Morgan fingerprint density at radius 3 is 2.11 bits per heavy atom. The molecule has 0 fully saturated rings. The van der Waals surface area contributed by atoms with Gasteiger partial charge in [0.05, 0.1) is 0 Å². The SMILES string of the molecule is COC(CNC(C)c1cc(C)c(C)cc1C)OC. The van der Waals surface area contributed by atoms with Crippen molar-refractivity contribution < 1.29 is 9.47 Å². The second-order valence-electron chi connectivity index (χ2n) is 4.82. The summed E-state index contributed by atoms with van der Waals surface area (Å²) in [6.45, 7) is 9.30. The minimum atomic E-state index is -0.195. The number of benzene rings is 1. The van der Waals surface area contributed by atoms with Gasteiger partial charge in [-0.15, -0.1) is 0 Å². The molecule has 0 aromatic heterocycles. The highest BCUT2D eigenvalue weighted by Crippen LogP contribution is 2.21. The largest absolute Gasteiger partial charge is 0.355 e. The molecule has 0 spiro atoms. The van der Waals surface area contributed by atoms with Gasteiger partial charge in [-0.25, -0.2) is 0 Å². The molecule has 102 valence electrons. The maximum Gasteiger partial charge on any atom is 0.169 e. The number of hydrogen-bond acceptors (Lipinski definition) is 3. The fourth-order valence-electron chi connectivity index (χ4n) is 2.10. The minimum absolute atomic E-state index is 0.195. The summed E-state index contributed by atoms with van der Waals surface area (Å²) in [5, 5.41) is 3.44. The van der Waals surface area contributed by atoms with E-state index < -0.39 is 0 Å². The molecule has 3 nitrogen and oxygen atoms in total. The number of rotatable bonds is 6. The smallest absolute Gasteiger partial charge is 0.169 e. The minimum Gasteiger partial charge on any atom is -0.355 e. The molecular formula is C15H25NO2. The fourth-order valence-corrected chi connectivity index (χ4v) is 2.10. The van der Waals surface area contributed by atoms with E-state index in [0.29, 0.717) is 6.54 Å². The molecule has 0 heterocycles. The van der Waals surface area contributed by atoms with Crippen LogP contribution in [0.2, 0.25) is 0 Å². The van der Waals surface area contributed by atoms with Crippen LogP contribution in [0.4, 0.5) is 0 Å². The molecule has 1 aromatic rings. The first-order valence-corrected chi connectivity index (χ1v) is 6.36. The molecule has 0 aliphatic heterocycles. The summed E-state index contributed by atoms with van der Waals surface area (Å²) >= 11 is 0. The molecule has 0 aliphatic rings. The molecule has 1 rings (SSSR count). The quantitative estimate of drug-likeness (QED) is 0.789. The normalized spacial score (nSPS) is 13.1. The summed E-state index contributed by atoms with van der Waals surface area (Å²) in [4.78, 5) is 0. The number of ether oxygens (including phenoxy) is 2. The third kappa shape index (κ3) is 3.80. The van der Waals surface area contributed by atoms with Gasteiger partial charge in [0.25, 0.3) is 0 Å². The Bertz CT molecular complexity index is 386. The molecule has 0 aliphatic carbocycles. The van der Waals surface area contributed by atoms with E-state index in [9.17, 15) is 0 Å². The van der Waals surface area contributed by atoms with Crippen LogP contribution in [0.1, 0.15) is 35.2 Å². The summed E-state index contributed by atoms with van der Waals surface area (Å²) in [7, 11) is 3.31. The van der Waals surface area contributed by atoms with Crippen molar-refractivity contribution in [1.82, 2.24) is 5.32 Å². The number of aryl methyl sites for hydroxylation is 3. The summed E-state index contributed by atoms with van der Waals surface area (Å²) in [5.41, 5.74) is 5.34. The van der Waals surface area contributed by atoms with Crippen LogP contribution in [0, 0.1) is 20.8 Å². The van der Waals surface area contributed by atoms with Gasteiger partial charge in [0.1, 0.15) is 0 Å². The van der Waals surface area contributed by atoms with Crippen molar-refractivity contribution in [2.24, 2.45) is 0 Å². The Balaban J connectivity index is 2.72. The average Bonchev–Trinajstić information content (AvgIpc) is 2.34. The highest BCUT2D eigenvalue weighted by atomic mass is 16.7. The Kier molecular flexibility index (Phi) is 5.79. The van der Waals surface area contributed by atoms with E-state index in [4.69, 9.17) is 9.47 Å². The summed E-state index contributed by atoms with van der Waals surface area (Å²) in [5.74, 6) is 0. The van der Waals surface area contributed by atoms with Gasteiger partial charge in [-0.05, 0) is 49.9 Å². The van der Waals surface area contributed by atoms with E-state index in [0.717, 1.165) is 0 Å². The molecule has 18 heavy (non-hydrogen) atoms. The average molecular weight is 251 g/mol. The second-order valence-corrected chi connectivity index (χ2v) is 4.82. The first-order valence-electron chi connectivity index (χ1n) is 6.36. The van der Waals surface area contributed by atoms with Crippen molar-refractivity contribution in [2.45, 2.75) is 40.0 Å². The van der Waals surface area contributed by atoms with Gasteiger partial charge in [0.15, 0.2) is 6.29 Å². The first kappa shape index (κ1) is 15.2. The zero-order valence-electron chi connectivity index (χ0n) is 12.3. The Morgan fingerprint density at radius 1 is 1.00 bits per heavy atom. The maximum absolute atomic E-state index is 5.17. The number of methoxy groups -OCH3 is 2.